The minimum Gasteiger partial charge on any atom is -0.550 e. The Kier molecular flexibility index (Phi) is 11.9. The summed E-state index contributed by atoms with van der Waals surface area (Å²) in [5, 5.41) is 10.3. The van der Waals surface area contributed by atoms with E-state index in [0.29, 0.717) is 0 Å². The van der Waals surface area contributed by atoms with Crippen LogP contribution in [-0.4, -0.2) is 5.97 Å². The molecule has 30 heavy (non-hydrogen) atoms. The number of pyridine rings is 1. The van der Waals surface area contributed by atoms with E-state index in [4.69, 9.17) is 0 Å². The SMILES string of the molecule is Cc1c(CCCCCCCCCCCCCCC(=O)[O-])ccc[n+]1-c1ccccc1. The zero-order chi connectivity index (χ0) is 21.4. The van der Waals surface area contributed by atoms with Crippen molar-refractivity contribution < 1.29 is 14.5 Å². The molecule has 3 heteroatoms. The molecule has 3 nitrogen and oxygen atoms in total. The number of nitrogens with zero attached hydrogens (tertiary/aromatic N) is 1. The number of carbonyl (C=O) groups excluding carboxylic acids is 1. The molecule has 164 valence electrons. The molecule has 2 aromatic rings. The maximum atomic E-state index is 10.3. The molecule has 0 atom stereocenters. The quantitative estimate of drug-likeness (QED) is 0.266. The number of carboxylic acid groups (broad SMARTS) is 1. The van der Waals surface area contributed by atoms with Crippen molar-refractivity contribution in [1.29, 1.82) is 0 Å². The third kappa shape index (κ3) is 9.56. The van der Waals surface area contributed by atoms with Gasteiger partial charge in [-0.2, -0.15) is 4.57 Å². The lowest BCUT2D eigenvalue weighted by Gasteiger charge is -2.06. The number of para-hydroxylation sites is 1. The number of aromatic nitrogens is 1. The predicted molar refractivity (Wildman–Crippen MR) is 121 cm³/mol. The lowest BCUT2D eigenvalue weighted by Crippen LogP contribution is -2.34. The summed E-state index contributed by atoms with van der Waals surface area (Å²) in [6.07, 6.45) is 18.3. The Bertz CT molecular complexity index is 727. The number of hydrogen-bond donors (Lipinski definition) is 0. The van der Waals surface area contributed by atoms with E-state index in [2.05, 4.69) is 60.2 Å². The highest BCUT2D eigenvalue weighted by atomic mass is 16.4. The first kappa shape index (κ1) is 24.1. The van der Waals surface area contributed by atoms with Crippen molar-refractivity contribution in [3.8, 4) is 5.69 Å². The van der Waals surface area contributed by atoms with Crippen LogP contribution in [0, 0.1) is 6.92 Å². The van der Waals surface area contributed by atoms with Crippen molar-refractivity contribution in [1.82, 2.24) is 0 Å². The van der Waals surface area contributed by atoms with E-state index < -0.39 is 5.97 Å². The molecule has 0 spiro atoms. The van der Waals surface area contributed by atoms with Crippen molar-refractivity contribution in [3.63, 3.8) is 0 Å². The predicted octanol–water partition coefficient (Wildman–Crippen LogP) is 5.64. The molecule has 1 aromatic heterocycles. The van der Waals surface area contributed by atoms with Gasteiger partial charge in [-0.25, -0.2) is 0 Å². The molecule has 2 rings (SSSR count). The molecule has 0 saturated heterocycles. The highest BCUT2D eigenvalue weighted by Crippen LogP contribution is 2.15. The standard InChI is InChI=1S/C27H39NO2/c1-24-25(19-17-23-28(24)26-20-14-12-15-21-26)18-13-10-8-6-4-2-3-5-7-9-11-16-22-27(29)30/h12,14-15,17,19-21,23H,2-11,13,16,18,22H2,1H3. The molecule has 0 fully saturated rings. The average molecular weight is 410 g/mol. The molecule has 0 aliphatic rings. The minimum atomic E-state index is -0.912. The number of rotatable bonds is 16. The van der Waals surface area contributed by atoms with E-state index in [0.717, 1.165) is 25.7 Å². The molecule has 1 aromatic carbocycles. The summed E-state index contributed by atoms with van der Waals surface area (Å²) >= 11 is 0. The second kappa shape index (κ2) is 14.8. The molecule has 1 heterocycles. The Morgan fingerprint density at radius 3 is 1.83 bits per heavy atom. The molecule has 0 radical (unpaired) electrons. The summed E-state index contributed by atoms with van der Waals surface area (Å²) < 4.78 is 2.29. The third-order valence-corrected chi connectivity index (χ3v) is 5.97. The fourth-order valence-electron chi connectivity index (χ4n) is 4.12. The molecule has 0 saturated carbocycles. The van der Waals surface area contributed by atoms with Crippen molar-refractivity contribution >= 4 is 5.97 Å². The Morgan fingerprint density at radius 2 is 1.27 bits per heavy atom. The van der Waals surface area contributed by atoms with Gasteiger partial charge in [-0.1, -0.05) is 82.4 Å². The number of benzene rings is 1. The lowest BCUT2D eigenvalue weighted by atomic mass is 10.0. The van der Waals surface area contributed by atoms with Crippen LogP contribution in [0.1, 0.15) is 94.7 Å². The molecule has 0 aliphatic carbocycles. The van der Waals surface area contributed by atoms with Gasteiger partial charge in [0, 0.05) is 36.7 Å². The second-order valence-corrected chi connectivity index (χ2v) is 8.44. The van der Waals surface area contributed by atoms with Gasteiger partial charge >= 0.3 is 0 Å². The van der Waals surface area contributed by atoms with Crippen LogP contribution in [-0.2, 0) is 11.2 Å². The van der Waals surface area contributed by atoms with Crippen LogP contribution in [0.25, 0.3) is 5.69 Å². The van der Waals surface area contributed by atoms with Crippen LogP contribution in [0.4, 0.5) is 0 Å². The van der Waals surface area contributed by atoms with Gasteiger partial charge in [0.05, 0.1) is 0 Å². The summed E-state index contributed by atoms with van der Waals surface area (Å²) in [6.45, 7) is 2.23. The van der Waals surface area contributed by atoms with E-state index in [1.165, 1.54) is 74.7 Å². The Hall–Kier alpha value is -2.16. The van der Waals surface area contributed by atoms with E-state index in [9.17, 15) is 9.90 Å². The van der Waals surface area contributed by atoms with Crippen LogP contribution in [0.5, 0.6) is 0 Å². The van der Waals surface area contributed by atoms with Crippen LogP contribution >= 0.6 is 0 Å². The lowest BCUT2D eigenvalue weighted by molar-refractivity contribution is -0.603. The number of aliphatic carboxylic acids is 1. The number of carboxylic acids is 1. The Balaban J connectivity index is 1.49. The molecular formula is C27H39NO2. The summed E-state index contributed by atoms with van der Waals surface area (Å²) in [7, 11) is 0. The molecule has 0 bridgehead atoms. The summed E-state index contributed by atoms with van der Waals surface area (Å²) in [5.41, 5.74) is 4.04. The summed E-state index contributed by atoms with van der Waals surface area (Å²) in [5.74, 6) is -0.912. The summed E-state index contributed by atoms with van der Waals surface area (Å²) in [6, 6.07) is 15.0. The fourth-order valence-corrected chi connectivity index (χ4v) is 4.12. The first-order chi connectivity index (χ1) is 14.7. The van der Waals surface area contributed by atoms with Gasteiger partial charge < -0.3 is 9.90 Å². The largest absolute Gasteiger partial charge is 0.550 e. The molecular weight excluding hydrogens is 370 g/mol. The van der Waals surface area contributed by atoms with Gasteiger partial charge in [0.2, 0.25) is 5.69 Å². The van der Waals surface area contributed by atoms with Crippen molar-refractivity contribution in [2.75, 3.05) is 0 Å². The average Bonchev–Trinajstić information content (AvgIpc) is 2.75. The molecule has 0 amide bonds. The molecule has 0 N–H and O–H groups in total. The maximum absolute atomic E-state index is 10.3. The van der Waals surface area contributed by atoms with Crippen LogP contribution in [0.3, 0.4) is 0 Å². The van der Waals surface area contributed by atoms with E-state index in [1.54, 1.807) is 0 Å². The first-order valence-electron chi connectivity index (χ1n) is 11.9. The molecule has 0 unspecified atom stereocenters. The van der Waals surface area contributed by atoms with Gasteiger partial charge in [0.25, 0.3) is 0 Å². The monoisotopic (exact) mass is 409 g/mol. The van der Waals surface area contributed by atoms with Gasteiger partial charge in [-0.15, -0.1) is 0 Å². The van der Waals surface area contributed by atoms with Crippen molar-refractivity contribution in [2.24, 2.45) is 0 Å². The normalized spacial score (nSPS) is 11.0. The summed E-state index contributed by atoms with van der Waals surface area (Å²) in [4.78, 5) is 10.3. The highest BCUT2D eigenvalue weighted by molar-refractivity contribution is 5.64. The highest BCUT2D eigenvalue weighted by Gasteiger charge is 2.13. The number of hydrogen-bond acceptors (Lipinski definition) is 2. The van der Waals surface area contributed by atoms with E-state index in [-0.39, 0.29) is 6.42 Å². The zero-order valence-corrected chi connectivity index (χ0v) is 18.8. The third-order valence-electron chi connectivity index (χ3n) is 5.97. The van der Waals surface area contributed by atoms with Gasteiger partial charge in [0.15, 0.2) is 11.9 Å². The van der Waals surface area contributed by atoms with Gasteiger partial charge in [-0.05, 0) is 31.7 Å². The second-order valence-electron chi connectivity index (χ2n) is 8.44. The Labute approximate surface area is 183 Å². The fraction of sp³-hybridized carbons (Fsp3) is 0.556. The number of aryl methyl sites for hydroxylation is 1. The minimum absolute atomic E-state index is 0.219. The smallest absolute Gasteiger partial charge is 0.210 e. The molecule has 0 aliphatic heterocycles. The van der Waals surface area contributed by atoms with Crippen LogP contribution in [0.2, 0.25) is 0 Å². The van der Waals surface area contributed by atoms with Crippen LogP contribution in [0.15, 0.2) is 48.7 Å². The Morgan fingerprint density at radius 1 is 0.733 bits per heavy atom. The topological polar surface area (TPSA) is 44.0 Å². The van der Waals surface area contributed by atoms with E-state index in [1.807, 2.05) is 0 Å². The van der Waals surface area contributed by atoms with Crippen molar-refractivity contribution in [3.05, 3.63) is 59.9 Å². The van der Waals surface area contributed by atoms with Gasteiger partial charge in [0.1, 0.15) is 0 Å². The maximum Gasteiger partial charge on any atom is 0.210 e. The van der Waals surface area contributed by atoms with Gasteiger partial charge in [-0.3, -0.25) is 0 Å². The van der Waals surface area contributed by atoms with Crippen LogP contribution < -0.4 is 9.67 Å². The number of carbonyl (C=O) groups is 1. The number of unbranched alkanes of at least 4 members (excludes halogenated alkanes) is 11. The zero-order valence-electron chi connectivity index (χ0n) is 18.8. The van der Waals surface area contributed by atoms with Crippen molar-refractivity contribution in [2.45, 2.75) is 96.8 Å². The van der Waals surface area contributed by atoms with E-state index >= 15 is 0 Å². The first-order valence-corrected chi connectivity index (χ1v) is 11.9.